The van der Waals surface area contributed by atoms with Crippen LogP contribution in [0.2, 0.25) is 0 Å². The summed E-state index contributed by atoms with van der Waals surface area (Å²) in [6.45, 7) is 10.5. The second-order valence-electron chi connectivity index (χ2n) is 17.7. The van der Waals surface area contributed by atoms with Gasteiger partial charge in [-0.1, -0.05) is 102 Å². The van der Waals surface area contributed by atoms with Gasteiger partial charge in [-0.2, -0.15) is 0 Å². The number of aliphatic hydroxyl groups is 2. The second kappa shape index (κ2) is 17.1. The molecule has 5 aliphatic rings. The van der Waals surface area contributed by atoms with Gasteiger partial charge in [0.25, 0.3) is 0 Å². The van der Waals surface area contributed by atoms with E-state index in [9.17, 15) is 29.4 Å². The van der Waals surface area contributed by atoms with Crippen molar-refractivity contribution in [3.05, 3.63) is 34.9 Å². The number of aliphatic hydroxyl groups excluding tert-OH is 2. The number of allylic oxidation sites excluding steroid dienone is 4. The van der Waals surface area contributed by atoms with Crippen LogP contribution in [0.4, 0.5) is 0 Å². The number of halogens is 1. The number of fused-ring (bicyclic) bond motifs is 3. The van der Waals surface area contributed by atoms with Gasteiger partial charge in [-0.15, -0.1) is 0 Å². The van der Waals surface area contributed by atoms with Gasteiger partial charge in [-0.25, -0.2) is 0 Å². The summed E-state index contributed by atoms with van der Waals surface area (Å²) in [5.41, 5.74) is -0.865. The SMILES string of the molecule is CCCCCC(O)/C=C/C1C(O)CC(=O)[C@@H]1CCCCCCCC(=O)O[C@]1(C(C)=O)CCC2C3C=C(Cl)/C(=C/C=O)C(C)([C@H]4CC4C)C3CCC21C. The summed E-state index contributed by atoms with van der Waals surface area (Å²) in [6, 6.07) is 0. The van der Waals surface area contributed by atoms with Gasteiger partial charge >= 0.3 is 5.97 Å². The van der Waals surface area contributed by atoms with Crippen LogP contribution in [0, 0.1) is 52.3 Å². The lowest BCUT2D eigenvalue weighted by Crippen LogP contribution is -2.58. The molecule has 0 saturated heterocycles. The standard InChI is InChI=1S/C44H65ClO7/c1-6-7-11-14-30(48)17-18-32-31(39(49)27-40(32)50)15-12-9-8-10-13-16-41(51)52-44(29(3)47)23-20-34-33-26-38(45)36(21-24-46)43(5,37-25-28(37)2)35(33)19-22-42(34,44)4/h17-18,21,24,26,28,30-35,37,40,48,50H,6-16,19-20,22-23,25,27H2,1-5H3/b18-17+,36-21-/t28?,30?,31-,32?,33?,34?,35?,37+,40?,42?,43?,44+/m1/s1. The van der Waals surface area contributed by atoms with E-state index < -0.39 is 23.2 Å². The van der Waals surface area contributed by atoms with Crippen molar-refractivity contribution in [1.29, 1.82) is 0 Å². The maximum Gasteiger partial charge on any atom is 0.306 e. The fraction of sp³-hybridized carbons (Fsp3) is 0.773. The lowest BCUT2D eigenvalue weighted by molar-refractivity contribution is -0.187. The number of ether oxygens (including phenoxy) is 1. The van der Waals surface area contributed by atoms with Crippen LogP contribution in [0.3, 0.4) is 0 Å². The summed E-state index contributed by atoms with van der Waals surface area (Å²) in [7, 11) is 0. The van der Waals surface area contributed by atoms with Gasteiger partial charge < -0.3 is 14.9 Å². The van der Waals surface area contributed by atoms with E-state index in [2.05, 4.69) is 33.8 Å². The van der Waals surface area contributed by atoms with E-state index in [1.807, 2.05) is 6.08 Å². The molecule has 5 aliphatic carbocycles. The second-order valence-corrected chi connectivity index (χ2v) is 18.1. The first-order valence-electron chi connectivity index (χ1n) is 20.6. The minimum absolute atomic E-state index is 0.0685. The summed E-state index contributed by atoms with van der Waals surface area (Å²) >= 11 is 6.98. The zero-order valence-corrected chi connectivity index (χ0v) is 33.2. The Kier molecular flexibility index (Phi) is 13.5. The normalized spacial score (nSPS) is 39.7. The van der Waals surface area contributed by atoms with Crippen LogP contribution >= 0.6 is 11.6 Å². The number of ketones is 2. The van der Waals surface area contributed by atoms with Crippen molar-refractivity contribution in [2.45, 2.75) is 162 Å². The van der Waals surface area contributed by atoms with E-state index in [0.717, 1.165) is 88.9 Å². The summed E-state index contributed by atoms with van der Waals surface area (Å²) in [5, 5.41) is 21.5. The molecule has 0 bridgehead atoms. The topological polar surface area (TPSA) is 118 Å². The van der Waals surface area contributed by atoms with Gasteiger partial charge in [0.05, 0.1) is 12.2 Å². The molecule has 290 valence electrons. The Morgan fingerprint density at radius 3 is 2.40 bits per heavy atom. The van der Waals surface area contributed by atoms with Crippen LogP contribution in [0.5, 0.6) is 0 Å². The third-order valence-electron chi connectivity index (χ3n) is 14.7. The predicted octanol–water partition coefficient (Wildman–Crippen LogP) is 9.02. The van der Waals surface area contributed by atoms with E-state index in [0.29, 0.717) is 42.0 Å². The van der Waals surface area contributed by atoms with Crippen LogP contribution < -0.4 is 0 Å². The van der Waals surface area contributed by atoms with Crippen molar-refractivity contribution >= 4 is 35.4 Å². The Balaban J connectivity index is 1.12. The highest BCUT2D eigenvalue weighted by molar-refractivity contribution is 6.32. The summed E-state index contributed by atoms with van der Waals surface area (Å²) in [4.78, 5) is 51.3. The van der Waals surface area contributed by atoms with Gasteiger partial charge in [-0.3, -0.25) is 19.2 Å². The monoisotopic (exact) mass is 740 g/mol. The third-order valence-corrected chi connectivity index (χ3v) is 15.0. The fourth-order valence-corrected chi connectivity index (χ4v) is 12.0. The van der Waals surface area contributed by atoms with Crippen molar-refractivity contribution in [1.82, 2.24) is 0 Å². The Morgan fingerprint density at radius 2 is 1.73 bits per heavy atom. The summed E-state index contributed by atoms with van der Waals surface area (Å²) in [5.74, 6) is 0.982. The molecule has 0 amide bonds. The zero-order valence-electron chi connectivity index (χ0n) is 32.4. The van der Waals surface area contributed by atoms with Crippen molar-refractivity contribution in [2.24, 2.45) is 52.3 Å². The summed E-state index contributed by atoms with van der Waals surface area (Å²) < 4.78 is 6.34. The molecule has 5 rings (SSSR count). The molecular formula is C44H65ClO7. The molecule has 12 atom stereocenters. The number of aldehydes is 1. The number of esters is 1. The molecule has 0 aromatic heterocycles. The number of hydrogen-bond donors (Lipinski definition) is 2. The number of rotatable bonds is 18. The molecule has 0 aromatic rings. The van der Waals surface area contributed by atoms with Crippen LogP contribution in [0.15, 0.2) is 34.9 Å². The predicted molar refractivity (Wildman–Crippen MR) is 204 cm³/mol. The Bertz CT molecular complexity index is 1420. The van der Waals surface area contributed by atoms with E-state index >= 15 is 0 Å². The average Bonchev–Trinajstić information content (AvgIpc) is 3.67. The molecule has 0 aromatic carbocycles. The molecule has 4 saturated carbocycles. The number of hydrogen-bond acceptors (Lipinski definition) is 7. The van der Waals surface area contributed by atoms with Crippen molar-refractivity contribution in [3.8, 4) is 0 Å². The Hall–Kier alpha value is -2.09. The van der Waals surface area contributed by atoms with Crippen LogP contribution in [-0.2, 0) is 23.9 Å². The molecule has 9 unspecified atom stereocenters. The lowest BCUT2D eigenvalue weighted by atomic mass is 9.48. The molecule has 0 radical (unpaired) electrons. The number of carbonyl (C=O) groups excluding carboxylic acids is 4. The minimum atomic E-state index is -1.14. The summed E-state index contributed by atoms with van der Waals surface area (Å²) in [6.07, 6.45) is 20.5. The molecule has 8 heteroatoms. The first kappa shape index (κ1) is 41.1. The van der Waals surface area contributed by atoms with Crippen molar-refractivity contribution < 1.29 is 34.1 Å². The number of unbranched alkanes of at least 4 members (excludes halogenated alkanes) is 6. The van der Waals surface area contributed by atoms with Gasteiger partial charge in [0, 0.05) is 40.5 Å². The molecule has 0 heterocycles. The molecule has 2 N–H and O–H groups in total. The molecule has 52 heavy (non-hydrogen) atoms. The minimum Gasteiger partial charge on any atom is -0.450 e. The maximum absolute atomic E-state index is 13.5. The number of Topliss-reactive ketones (excluding diaryl/α,β-unsaturated/α-hetero) is 2. The van der Waals surface area contributed by atoms with Gasteiger partial charge in [0.1, 0.15) is 12.1 Å². The van der Waals surface area contributed by atoms with Crippen molar-refractivity contribution in [2.75, 3.05) is 0 Å². The molecular weight excluding hydrogens is 676 g/mol. The lowest BCUT2D eigenvalue weighted by Gasteiger charge is -2.57. The van der Waals surface area contributed by atoms with Gasteiger partial charge in [0.15, 0.2) is 11.4 Å². The smallest absolute Gasteiger partial charge is 0.306 e. The Labute approximate surface area is 317 Å². The Morgan fingerprint density at radius 1 is 1.04 bits per heavy atom. The van der Waals surface area contributed by atoms with E-state index in [4.69, 9.17) is 16.3 Å². The van der Waals surface area contributed by atoms with E-state index in [1.165, 1.54) is 0 Å². The van der Waals surface area contributed by atoms with Crippen molar-refractivity contribution in [3.63, 3.8) is 0 Å². The average molecular weight is 741 g/mol. The first-order valence-corrected chi connectivity index (χ1v) is 21.0. The van der Waals surface area contributed by atoms with Gasteiger partial charge in [0.2, 0.25) is 0 Å². The highest BCUT2D eigenvalue weighted by Gasteiger charge is 2.69. The fourth-order valence-electron chi connectivity index (χ4n) is 11.6. The van der Waals surface area contributed by atoms with Crippen LogP contribution in [0.1, 0.15) is 144 Å². The van der Waals surface area contributed by atoms with E-state index in [1.54, 1.807) is 19.1 Å². The zero-order chi connectivity index (χ0) is 37.8. The highest BCUT2D eigenvalue weighted by Crippen LogP contribution is 2.71. The molecule has 0 spiro atoms. The van der Waals surface area contributed by atoms with Gasteiger partial charge in [-0.05, 0) is 99.5 Å². The van der Waals surface area contributed by atoms with Crippen LogP contribution in [0.25, 0.3) is 0 Å². The largest absolute Gasteiger partial charge is 0.450 e. The first-order chi connectivity index (χ1) is 24.7. The van der Waals surface area contributed by atoms with Crippen LogP contribution in [-0.4, -0.2) is 51.8 Å². The molecule has 4 fully saturated rings. The third kappa shape index (κ3) is 7.98. The molecule has 0 aliphatic heterocycles. The highest BCUT2D eigenvalue weighted by atomic mass is 35.5. The van der Waals surface area contributed by atoms with E-state index in [-0.39, 0.29) is 59.5 Å². The maximum atomic E-state index is 13.5. The quantitative estimate of drug-likeness (QED) is 0.0474. The molecule has 7 nitrogen and oxygen atoms in total. The number of carbonyl (C=O) groups is 4.